The molecular weight excluding hydrogens is 284 g/mol. The van der Waals surface area contributed by atoms with Crippen molar-refractivity contribution in [2.75, 3.05) is 52.9 Å². The summed E-state index contributed by atoms with van der Waals surface area (Å²) in [6, 6.07) is 10.9. The van der Waals surface area contributed by atoms with Gasteiger partial charge in [0.05, 0.1) is 19.6 Å². The zero-order chi connectivity index (χ0) is 16.5. The SMILES string of the molecule is CCC[N+]1(CC(C)OC)CCN(CCCc2ccccc2)CC1. The van der Waals surface area contributed by atoms with Crippen molar-refractivity contribution >= 4 is 0 Å². The normalized spacial score (nSPS) is 19.6. The van der Waals surface area contributed by atoms with E-state index in [1.54, 1.807) is 0 Å². The van der Waals surface area contributed by atoms with Gasteiger partial charge in [-0.3, -0.25) is 4.90 Å². The third-order valence-electron chi connectivity index (χ3n) is 5.31. The molecule has 1 atom stereocenters. The molecular formula is C20H35N2O+. The van der Waals surface area contributed by atoms with E-state index in [4.69, 9.17) is 4.74 Å². The van der Waals surface area contributed by atoms with Crippen LogP contribution >= 0.6 is 0 Å². The maximum absolute atomic E-state index is 5.54. The Bertz CT molecular complexity index is 427. The molecule has 1 aliphatic heterocycles. The van der Waals surface area contributed by atoms with Crippen molar-refractivity contribution in [2.45, 2.75) is 39.2 Å². The van der Waals surface area contributed by atoms with Crippen LogP contribution in [0.2, 0.25) is 0 Å². The molecule has 0 amide bonds. The molecule has 0 saturated carbocycles. The highest BCUT2D eigenvalue weighted by molar-refractivity contribution is 5.14. The maximum Gasteiger partial charge on any atom is 0.105 e. The molecule has 1 heterocycles. The predicted molar refractivity (Wildman–Crippen MR) is 97.7 cm³/mol. The van der Waals surface area contributed by atoms with Gasteiger partial charge < -0.3 is 9.22 Å². The number of quaternary nitrogens is 1. The fourth-order valence-electron chi connectivity index (χ4n) is 3.90. The van der Waals surface area contributed by atoms with E-state index in [9.17, 15) is 0 Å². The van der Waals surface area contributed by atoms with E-state index >= 15 is 0 Å². The number of aryl methyl sites for hydroxylation is 1. The Morgan fingerprint density at radius 1 is 1.17 bits per heavy atom. The topological polar surface area (TPSA) is 12.5 Å². The summed E-state index contributed by atoms with van der Waals surface area (Å²) < 4.78 is 6.79. The van der Waals surface area contributed by atoms with Crippen LogP contribution < -0.4 is 0 Å². The van der Waals surface area contributed by atoms with Crippen molar-refractivity contribution in [1.82, 2.24) is 4.90 Å². The molecule has 1 fully saturated rings. The van der Waals surface area contributed by atoms with Gasteiger partial charge in [-0.15, -0.1) is 0 Å². The highest BCUT2D eigenvalue weighted by Gasteiger charge is 2.33. The Kier molecular flexibility index (Phi) is 7.54. The van der Waals surface area contributed by atoms with Crippen LogP contribution in [0.4, 0.5) is 0 Å². The second kappa shape index (κ2) is 9.41. The summed E-state index contributed by atoms with van der Waals surface area (Å²) in [6.07, 6.45) is 4.11. The molecule has 0 spiro atoms. The molecule has 1 aromatic rings. The molecule has 3 heteroatoms. The van der Waals surface area contributed by atoms with Crippen molar-refractivity contribution in [1.29, 1.82) is 0 Å². The molecule has 0 radical (unpaired) electrons. The zero-order valence-electron chi connectivity index (χ0n) is 15.3. The fourth-order valence-corrected chi connectivity index (χ4v) is 3.90. The van der Waals surface area contributed by atoms with Gasteiger partial charge >= 0.3 is 0 Å². The van der Waals surface area contributed by atoms with Crippen LogP contribution in [0.15, 0.2) is 30.3 Å². The molecule has 1 unspecified atom stereocenters. The van der Waals surface area contributed by atoms with Gasteiger partial charge in [0.1, 0.15) is 12.6 Å². The smallest absolute Gasteiger partial charge is 0.105 e. The van der Waals surface area contributed by atoms with Crippen LogP contribution in [0.1, 0.15) is 32.3 Å². The third-order valence-corrected chi connectivity index (χ3v) is 5.31. The number of ether oxygens (including phenoxy) is 1. The molecule has 23 heavy (non-hydrogen) atoms. The van der Waals surface area contributed by atoms with Crippen molar-refractivity contribution in [3.63, 3.8) is 0 Å². The standard InChI is InChI=1S/C20H35N2O/c1-4-15-22(18-19(2)23-3)16-13-21(14-17-22)12-8-11-20-9-6-5-7-10-20/h5-7,9-10,19H,4,8,11-18H2,1-3H3/q+1. The quantitative estimate of drug-likeness (QED) is 0.648. The largest absolute Gasteiger partial charge is 0.376 e. The van der Waals surface area contributed by atoms with E-state index in [0.29, 0.717) is 6.10 Å². The average molecular weight is 320 g/mol. The van der Waals surface area contributed by atoms with E-state index in [1.165, 1.54) is 75.1 Å². The number of nitrogens with zero attached hydrogens (tertiary/aromatic N) is 2. The summed E-state index contributed by atoms with van der Waals surface area (Å²) >= 11 is 0. The first-order chi connectivity index (χ1) is 11.2. The molecule has 3 nitrogen and oxygen atoms in total. The van der Waals surface area contributed by atoms with E-state index in [-0.39, 0.29) is 0 Å². The Morgan fingerprint density at radius 3 is 2.48 bits per heavy atom. The van der Waals surface area contributed by atoms with Crippen molar-refractivity contribution in [3.8, 4) is 0 Å². The summed E-state index contributed by atoms with van der Waals surface area (Å²) in [4.78, 5) is 2.66. The molecule has 0 N–H and O–H groups in total. The predicted octanol–water partition coefficient (Wildman–Crippen LogP) is 3.20. The lowest BCUT2D eigenvalue weighted by molar-refractivity contribution is -0.934. The third kappa shape index (κ3) is 5.91. The van der Waals surface area contributed by atoms with Gasteiger partial charge in [-0.05, 0) is 38.3 Å². The zero-order valence-corrected chi connectivity index (χ0v) is 15.3. The molecule has 1 aliphatic rings. The van der Waals surface area contributed by atoms with E-state index in [0.717, 1.165) is 0 Å². The molecule has 2 rings (SSSR count). The van der Waals surface area contributed by atoms with E-state index in [1.807, 2.05) is 7.11 Å². The van der Waals surface area contributed by atoms with Crippen molar-refractivity contribution in [2.24, 2.45) is 0 Å². The van der Waals surface area contributed by atoms with Crippen LogP contribution in [0, 0.1) is 0 Å². The van der Waals surface area contributed by atoms with Gasteiger partial charge in [0.25, 0.3) is 0 Å². The van der Waals surface area contributed by atoms with Gasteiger partial charge in [-0.1, -0.05) is 37.3 Å². The fraction of sp³-hybridized carbons (Fsp3) is 0.700. The molecule has 0 aromatic heterocycles. The lowest BCUT2D eigenvalue weighted by atomic mass is 10.1. The van der Waals surface area contributed by atoms with Gasteiger partial charge in [-0.2, -0.15) is 0 Å². The molecule has 0 bridgehead atoms. The average Bonchev–Trinajstić information content (AvgIpc) is 2.58. The Morgan fingerprint density at radius 2 is 1.87 bits per heavy atom. The van der Waals surface area contributed by atoms with Crippen molar-refractivity contribution in [3.05, 3.63) is 35.9 Å². The summed E-state index contributed by atoms with van der Waals surface area (Å²) in [5, 5.41) is 0. The summed E-state index contributed by atoms with van der Waals surface area (Å²) in [5.41, 5.74) is 1.47. The minimum atomic E-state index is 0.367. The number of piperazine rings is 1. The monoisotopic (exact) mass is 319 g/mol. The van der Waals surface area contributed by atoms with Gasteiger partial charge in [0.15, 0.2) is 0 Å². The second-order valence-corrected chi connectivity index (χ2v) is 7.17. The molecule has 130 valence electrons. The Hall–Kier alpha value is -0.900. The van der Waals surface area contributed by atoms with Crippen LogP contribution in [0.5, 0.6) is 0 Å². The lowest BCUT2D eigenvalue weighted by Crippen LogP contribution is -2.62. The summed E-state index contributed by atoms with van der Waals surface area (Å²) in [6.45, 7) is 13.3. The van der Waals surface area contributed by atoms with Gasteiger partial charge in [0, 0.05) is 20.2 Å². The molecule has 0 aliphatic carbocycles. The summed E-state index contributed by atoms with van der Waals surface area (Å²) in [7, 11) is 1.84. The number of hydrogen-bond donors (Lipinski definition) is 0. The number of benzene rings is 1. The molecule has 1 saturated heterocycles. The van der Waals surface area contributed by atoms with Crippen molar-refractivity contribution < 1.29 is 9.22 Å². The molecule has 1 aromatic carbocycles. The van der Waals surface area contributed by atoms with Gasteiger partial charge in [-0.25, -0.2) is 0 Å². The van der Waals surface area contributed by atoms with Crippen LogP contribution in [0.3, 0.4) is 0 Å². The Labute approximate surface area is 142 Å². The van der Waals surface area contributed by atoms with Crippen LogP contribution in [0.25, 0.3) is 0 Å². The first-order valence-corrected chi connectivity index (χ1v) is 9.31. The van der Waals surface area contributed by atoms with E-state index in [2.05, 4.69) is 49.1 Å². The summed E-state index contributed by atoms with van der Waals surface area (Å²) in [5.74, 6) is 0. The van der Waals surface area contributed by atoms with Crippen LogP contribution in [-0.4, -0.2) is 68.4 Å². The number of hydrogen-bond acceptors (Lipinski definition) is 2. The lowest BCUT2D eigenvalue weighted by Gasteiger charge is -2.46. The highest BCUT2D eigenvalue weighted by Crippen LogP contribution is 2.17. The maximum atomic E-state index is 5.54. The number of methoxy groups -OCH3 is 1. The highest BCUT2D eigenvalue weighted by atomic mass is 16.5. The van der Waals surface area contributed by atoms with E-state index < -0.39 is 0 Å². The second-order valence-electron chi connectivity index (χ2n) is 7.17. The first-order valence-electron chi connectivity index (χ1n) is 9.31. The Balaban J connectivity index is 1.75. The van der Waals surface area contributed by atoms with Crippen LogP contribution in [-0.2, 0) is 11.2 Å². The minimum Gasteiger partial charge on any atom is -0.376 e. The van der Waals surface area contributed by atoms with Gasteiger partial charge in [0.2, 0.25) is 0 Å². The first kappa shape index (κ1) is 18.4. The minimum absolute atomic E-state index is 0.367. The number of rotatable bonds is 9.